The molecule has 0 fully saturated rings. The number of guanidine groups is 1. The molecule has 0 aromatic heterocycles. The Labute approximate surface area is 150 Å². The first-order valence-corrected chi connectivity index (χ1v) is 7.85. The minimum absolute atomic E-state index is 0.248. The van der Waals surface area contributed by atoms with Crippen LogP contribution in [0.3, 0.4) is 0 Å². The molecule has 0 aliphatic carbocycles. The first-order valence-electron chi connectivity index (χ1n) is 7.85. The number of rotatable bonds is 7. The molecule has 0 amide bonds. The van der Waals surface area contributed by atoms with Crippen LogP contribution in [0, 0.1) is 11.6 Å². The van der Waals surface area contributed by atoms with Crippen molar-refractivity contribution < 1.29 is 23.0 Å². The summed E-state index contributed by atoms with van der Waals surface area (Å²) in [4.78, 5) is 4.11. The van der Waals surface area contributed by atoms with Gasteiger partial charge in [-0.3, -0.25) is 4.99 Å². The molecular weight excluding hydrogens is 344 g/mol. The van der Waals surface area contributed by atoms with Crippen LogP contribution < -0.4 is 24.8 Å². The highest BCUT2D eigenvalue weighted by molar-refractivity contribution is 5.93. The third-order valence-corrected chi connectivity index (χ3v) is 3.42. The van der Waals surface area contributed by atoms with E-state index in [1.54, 1.807) is 33.4 Å². The summed E-state index contributed by atoms with van der Waals surface area (Å²) < 4.78 is 41.8. The molecule has 2 N–H and O–H groups in total. The van der Waals surface area contributed by atoms with Crippen LogP contribution in [0.25, 0.3) is 0 Å². The van der Waals surface area contributed by atoms with E-state index in [-0.39, 0.29) is 12.4 Å². The highest BCUT2D eigenvalue weighted by Crippen LogP contribution is 2.29. The number of benzene rings is 2. The Hall–Kier alpha value is -3.03. The number of ether oxygens (including phenoxy) is 3. The Bertz CT molecular complexity index is 769. The van der Waals surface area contributed by atoms with E-state index in [9.17, 15) is 8.78 Å². The van der Waals surface area contributed by atoms with Crippen LogP contribution >= 0.6 is 0 Å². The van der Waals surface area contributed by atoms with Crippen molar-refractivity contribution in [3.05, 3.63) is 48.0 Å². The molecule has 0 saturated heterocycles. The summed E-state index contributed by atoms with van der Waals surface area (Å²) in [5, 5.41) is 6.16. The molecule has 0 spiro atoms. The lowest BCUT2D eigenvalue weighted by atomic mass is 10.3. The lowest BCUT2D eigenvalue weighted by molar-refractivity contribution is 0.319. The molecule has 0 atom stereocenters. The second-order valence-corrected chi connectivity index (χ2v) is 5.12. The Morgan fingerprint density at radius 2 is 1.77 bits per heavy atom. The fourth-order valence-corrected chi connectivity index (χ4v) is 2.13. The van der Waals surface area contributed by atoms with E-state index in [0.29, 0.717) is 24.0 Å². The molecule has 0 bridgehead atoms. The zero-order chi connectivity index (χ0) is 18.9. The van der Waals surface area contributed by atoms with Crippen molar-refractivity contribution in [2.24, 2.45) is 4.99 Å². The molecule has 2 aromatic rings. The van der Waals surface area contributed by atoms with Crippen LogP contribution in [0.15, 0.2) is 41.4 Å². The number of aliphatic imine (C=N–C) groups is 1. The normalized spacial score (nSPS) is 11.0. The van der Waals surface area contributed by atoms with Gasteiger partial charge in [0, 0.05) is 24.9 Å². The summed E-state index contributed by atoms with van der Waals surface area (Å²) in [5.41, 5.74) is 0.761. The number of hydrogen-bond acceptors (Lipinski definition) is 4. The standard InChI is InChI=1S/C18H21F2N3O3/c1-21-18(23-12-4-7-16(24-2)17(10-12)25-3)22-8-9-26-13-5-6-14(19)15(20)11-13/h4-7,10-11H,8-9H2,1-3H3,(H2,21,22,23). The van der Waals surface area contributed by atoms with Crippen molar-refractivity contribution in [2.75, 3.05) is 39.7 Å². The van der Waals surface area contributed by atoms with E-state index in [1.165, 1.54) is 6.07 Å². The predicted octanol–water partition coefficient (Wildman–Crippen LogP) is 3.05. The van der Waals surface area contributed by atoms with Crippen LogP contribution in [0.4, 0.5) is 14.5 Å². The average molecular weight is 365 g/mol. The Balaban J connectivity index is 1.85. The van der Waals surface area contributed by atoms with E-state index >= 15 is 0 Å². The molecule has 0 heterocycles. The summed E-state index contributed by atoms with van der Waals surface area (Å²) in [5.74, 6) is 0.145. The van der Waals surface area contributed by atoms with Crippen LogP contribution in [-0.2, 0) is 0 Å². The fraction of sp³-hybridized carbons (Fsp3) is 0.278. The third kappa shape index (κ3) is 5.23. The van der Waals surface area contributed by atoms with E-state index < -0.39 is 11.6 Å². The van der Waals surface area contributed by atoms with Gasteiger partial charge in [0.2, 0.25) is 0 Å². The van der Waals surface area contributed by atoms with Crippen molar-refractivity contribution >= 4 is 11.6 Å². The summed E-state index contributed by atoms with van der Waals surface area (Å²) in [7, 11) is 4.76. The minimum atomic E-state index is -0.943. The van der Waals surface area contributed by atoms with Gasteiger partial charge >= 0.3 is 0 Å². The van der Waals surface area contributed by atoms with Gasteiger partial charge in [-0.15, -0.1) is 0 Å². The molecule has 0 aliphatic heterocycles. The summed E-state index contributed by atoms with van der Waals surface area (Å²) in [6.07, 6.45) is 0. The number of hydrogen-bond donors (Lipinski definition) is 2. The van der Waals surface area contributed by atoms with Gasteiger partial charge in [-0.2, -0.15) is 0 Å². The molecule has 2 rings (SSSR count). The number of nitrogens with one attached hydrogen (secondary N) is 2. The van der Waals surface area contributed by atoms with Crippen molar-refractivity contribution in [1.82, 2.24) is 5.32 Å². The number of methoxy groups -OCH3 is 2. The maximum absolute atomic E-state index is 13.1. The maximum Gasteiger partial charge on any atom is 0.195 e. The van der Waals surface area contributed by atoms with Crippen LogP contribution in [0.1, 0.15) is 0 Å². The zero-order valence-electron chi connectivity index (χ0n) is 14.8. The first-order chi connectivity index (χ1) is 12.6. The van der Waals surface area contributed by atoms with Gasteiger partial charge in [0.1, 0.15) is 12.4 Å². The van der Waals surface area contributed by atoms with E-state index in [4.69, 9.17) is 14.2 Å². The molecule has 0 unspecified atom stereocenters. The maximum atomic E-state index is 13.1. The SMILES string of the molecule is CN=C(NCCOc1ccc(F)c(F)c1)Nc1ccc(OC)c(OC)c1. The quantitative estimate of drug-likeness (QED) is 0.449. The van der Waals surface area contributed by atoms with Gasteiger partial charge in [0.05, 0.1) is 20.8 Å². The molecule has 6 nitrogen and oxygen atoms in total. The van der Waals surface area contributed by atoms with Gasteiger partial charge in [0.15, 0.2) is 29.1 Å². The van der Waals surface area contributed by atoms with Crippen molar-refractivity contribution in [1.29, 1.82) is 0 Å². The van der Waals surface area contributed by atoms with Gasteiger partial charge in [-0.1, -0.05) is 0 Å². The van der Waals surface area contributed by atoms with Crippen LogP contribution in [0.5, 0.6) is 17.2 Å². The molecule has 8 heteroatoms. The van der Waals surface area contributed by atoms with Crippen LogP contribution in [0.2, 0.25) is 0 Å². The predicted molar refractivity (Wildman–Crippen MR) is 96.4 cm³/mol. The topological polar surface area (TPSA) is 64.1 Å². The molecule has 0 aliphatic rings. The number of nitrogens with zero attached hydrogens (tertiary/aromatic N) is 1. The third-order valence-electron chi connectivity index (χ3n) is 3.42. The van der Waals surface area contributed by atoms with Crippen LogP contribution in [-0.4, -0.2) is 40.4 Å². The van der Waals surface area contributed by atoms with Gasteiger partial charge in [0.25, 0.3) is 0 Å². The average Bonchev–Trinajstić information content (AvgIpc) is 2.66. The lowest BCUT2D eigenvalue weighted by Gasteiger charge is -2.14. The second-order valence-electron chi connectivity index (χ2n) is 5.12. The molecular formula is C18H21F2N3O3. The van der Waals surface area contributed by atoms with Crippen molar-refractivity contribution in [3.63, 3.8) is 0 Å². The minimum Gasteiger partial charge on any atom is -0.493 e. The number of anilines is 1. The molecule has 0 radical (unpaired) electrons. The van der Waals surface area contributed by atoms with E-state index in [1.807, 2.05) is 6.07 Å². The van der Waals surface area contributed by atoms with Gasteiger partial charge in [-0.05, 0) is 24.3 Å². The van der Waals surface area contributed by atoms with E-state index in [2.05, 4.69) is 15.6 Å². The monoisotopic (exact) mass is 365 g/mol. The van der Waals surface area contributed by atoms with Gasteiger partial charge in [-0.25, -0.2) is 8.78 Å². The fourth-order valence-electron chi connectivity index (χ4n) is 2.13. The molecule has 0 saturated carbocycles. The smallest absolute Gasteiger partial charge is 0.195 e. The first kappa shape index (κ1) is 19.3. The zero-order valence-corrected chi connectivity index (χ0v) is 14.8. The van der Waals surface area contributed by atoms with E-state index in [0.717, 1.165) is 17.8 Å². The second kappa shape index (κ2) is 9.45. The Kier molecular flexibility index (Phi) is 7.02. The highest BCUT2D eigenvalue weighted by Gasteiger charge is 2.07. The summed E-state index contributed by atoms with van der Waals surface area (Å²) in [6.45, 7) is 0.656. The molecule has 26 heavy (non-hydrogen) atoms. The largest absolute Gasteiger partial charge is 0.493 e. The van der Waals surface area contributed by atoms with Crippen molar-refractivity contribution in [2.45, 2.75) is 0 Å². The number of halogens is 2. The summed E-state index contributed by atoms with van der Waals surface area (Å²) in [6, 6.07) is 8.78. The Morgan fingerprint density at radius 1 is 1.00 bits per heavy atom. The summed E-state index contributed by atoms with van der Waals surface area (Å²) >= 11 is 0. The lowest BCUT2D eigenvalue weighted by Crippen LogP contribution is -2.33. The van der Waals surface area contributed by atoms with Gasteiger partial charge < -0.3 is 24.8 Å². The molecule has 140 valence electrons. The molecule has 2 aromatic carbocycles. The Morgan fingerprint density at radius 3 is 2.42 bits per heavy atom. The highest BCUT2D eigenvalue weighted by atomic mass is 19.2. The van der Waals surface area contributed by atoms with Crippen molar-refractivity contribution in [3.8, 4) is 17.2 Å².